The van der Waals surface area contributed by atoms with Crippen LogP contribution in [0.4, 0.5) is 5.69 Å². The predicted molar refractivity (Wildman–Crippen MR) is 93.6 cm³/mol. The monoisotopic (exact) mass is 350 g/mol. The molecule has 2 aromatic carbocycles. The van der Waals surface area contributed by atoms with Gasteiger partial charge < -0.3 is 5.32 Å². The van der Waals surface area contributed by atoms with Gasteiger partial charge in [-0.1, -0.05) is 6.07 Å². The second-order valence-corrected chi connectivity index (χ2v) is 7.61. The number of carbonyl (C=O) groups excluding carboxylic acids is 1. The molecule has 122 valence electrons. The third-order valence-electron chi connectivity index (χ3n) is 3.36. The molecule has 0 bridgehead atoms. The fourth-order valence-electron chi connectivity index (χ4n) is 2.02. The van der Waals surface area contributed by atoms with E-state index in [0.29, 0.717) is 16.8 Å². The summed E-state index contributed by atoms with van der Waals surface area (Å²) in [5.74, 6) is -0.283. The van der Waals surface area contributed by atoms with Gasteiger partial charge in [0.05, 0.1) is 4.90 Å². The first kappa shape index (κ1) is 17.5. The highest BCUT2D eigenvalue weighted by atomic mass is 32.2. The summed E-state index contributed by atoms with van der Waals surface area (Å²) in [4.78, 5) is 13.5. The van der Waals surface area contributed by atoms with Crippen molar-refractivity contribution in [1.29, 1.82) is 0 Å². The Morgan fingerprint density at radius 1 is 1.09 bits per heavy atom. The minimum atomic E-state index is -3.56. The Balaban J connectivity index is 2.26. The van der Waals surface area contributed by atoms with Gasteiger partial charge in [0.2, 0.25) is 10.0 Å². The van der Waals surface area contributed by atoms with Crippen LogP contribution in [0.3, 0.4) is 0 Å². The molecule has 0 aliphatic rings. The van der Waals surface area contributed by atoms with Crippen molar-refractivity contribution in [3.05, 3.63) is 53.6 Å². The summed E-state index contributed by atoms with van der Waals surface area (Å²) >= 11 is 1.60. The number of benzene rings is 2. The van der Waals surface area contributed by atoms with Crippen molar-refractivity contribution >= 4 is 33.4 Å². The molecule has 0 fully saturated rings. The number of sulfonamides is 1. The summed E-state index contributed by atoms with van der Waals surface area (Å²) in [5.41, 5.74) is 1.56. The number of hydrogen-bond donors (Lipinski definition) is 2. The summed E-state index contributed by atoms with van der Waals surface area (Å²) in [6, 6.07) is 12.0. The lowest BCUT2D eigenvalue weighted by Crippen LogP contribution is -2.20. The molecule has 0 atom stereocenters. The maximum absolute atomic E-state index is 12.2. The molecule has 0 aliphatic carbocycles. The third kappa shape index (κ3) is 4.13. The average Bonchev–Trinajstić information content (AvgIpc) is 2.56. The van der Waals surface area contributed by atoms with E-state index < -0.39 is 10.0 Å². The topological polar surface area (TPSA) is 75.3 Å². The van der Waals surface area contributed by atoms with Crippen molar-refractivity contribution in [2.24, 2.45) is 0 Å². The molecular formula is C16H18N2O3S2. The number of hydrogen-bond acceptors (Lipinski definition) is 4. The highest BCUT2D eigenvalue weighted by Gasteiger charge is 2.16. The Bertz CT molecular complexity index is 816. The summed E-state index contributed by atoms with van der Waals surface area (Å²) in [6.07, 6.45) is 1.96. The minimum absolute atomic E-state index is 0.149. The molecular weight excluding hydrogens is 332 g/mol. The smallest absolute Gasteiger partial charge is 0.255 e. The van der Waals surface area contributed by atoms with Crippen LogP contribution in [0.25, 0.3) is 0 Å². The molecule has 1 amide bonds. The van der Waals surface area contributed by atoms with E-state index in [-0.39, 0.29) is 10.8 Å². The number of rotatable bonds is 5. The first-order valence-corrected chi connectivity index (χ1v) is 9.58. The predicted octanol–water partition coefficient (Wildman–Crippen LogP) is 2.88. The van der Waals surface area contributed by atoms with Gasteiger partial charge in [0.1, 0.15) is 0 Å². The van der Waals surface area contributed by atoms with Gasteiger partial charge in [0.25, 0.3) is 5.91 Å². The first-order valence-electron chi connectivity index (χ1n) is 6.87. The van der Waals surface area contributed by atoms with Crippen LogP contribution in [-0.2, 0) is 10.0 Å². The van der Waals surface area contributed by atoms with Crippen molar-refractivity contribution in [1.82, 2.24) is 4.72 Å². The number of nitrogens with one attached hydrogen (secondary N) is 2. The summed E-state index contributed by atoms with van der Waals surface area (Å²) in [5, 5.41) is 2.72. The van der Waals surface area contributed by atoms with Crippen molar-refractivity contribution in [3.8, 4) is 0 Å². The molecule has 0 heterocycles. The number of aryl methyl sites for hydroxylation is 1. The highest BCUT2D eigenvalue weighted by molar-refractivity contribution is 7.98. The normalized spacial score (nSPS) is 11.3. The van der Waals surface area contributed by atoms with Crippen molar-refractivity contribution in [2.75, 3.05) is 18.6 Å². The number of thioether (sulfide) groups is 1. The van der Waals surface area contributed by atoms with Gasteiger partial charge in [-0.2, -0.15) is 0 Å². The van der Waals surface area contributed by atoms with Crippen LogP contribution >= 0.6 is 11.8 Å². The zero-order chi connectivity index (χ0) is 17.0. The van der Waals surface area contributed by atoms with Gasteiger partial charge in [-0.3, -0.25) is 4.79 Å². The van der Waals surface area contributed by atoms with Gasteiger partial charge in [-0.05, 0) is 62.2 Å². The quantitative estimate of drug-likeness (QED) is 0.813. The second-order valence-electron chi connectivity index (χ2n) is 4.87. The molecule has 0 radical (unpaired) electrons. The molecule has 0 unspecified atom stereocenters. The Kier molecular flexibility index (Phi) is 5.46. The zero-order valence-corrected chi connectivity index (χ0v) is 14.7. The fourth-order valence-corrected chi connectivity index (χ4v) is 3.43. The highest BCUT2D eigenvalue weighted by Crippen LogP contribution is 2.21. The molecule has 5 nitrogen and oxygen atoms in total. The molecule has 0 aliphatic heterocycles. The van der Waals surface area contributed by atoms with Crippen molar-refractivity contribution in [3.63, 3.8) is 0 Å². The van der Waals surface area contributed by atoms with E-state index in [2.05, 4.69) is 10.0 Å². The maximum atomic E-state index is 12.2. The largest absolute Gasteiger partial charge is 0.322 e. The lowest BCUT2D eigenvalue weighted by Gasteiger charge is -2.10. The van der Waals surface area contributed by atoms with Crippen LogP contribution in [0.15, 0.2) is 52.3 Å². The van der Waals surface area contributed by atoms with Crippen LogP contribution in [0.1, 0.15) is 15.9 Å². The summed E-state index contributed by atoms with van der Waals surface area (Å²) in [6.45, 7) is 1.71. The van der Waals surface area contributed by atoms with Crippen LogP contribution in [-0.4, -0.2) is 27.6 Å². The van der Waals surface area contributed by atoms with Gasteiger partial charge in [0.15, 0.2) is 0 Å². The van der Waals surface area contributed by atoms with E-state index in [4.69, 9.17) is 0 Å². The Morgan fingerprint density at radius 2 is 1.74 bits per heavy atom. The summed E-state index contributed by atoms with van der Waals surface area (Å²) < 4.78 is 26.2. The van der Waals surface area contributed by atoms with Crippen LogP contribution in [0.2, 0.25) is 0 Å². The van der Waals surface area contributed by atoms with Crippen molar-refractivity contribution < 1.29 is 13.2 Å². The minimum Gasteiger partial charge on any atom is -0.322 e. The lowest BCUT2D eigenvalue weighted by atomic mass is 10.2. The van der Waals surface area contributed by atoms with Crippen molar-refractivity contribution in [2.45, 2.75) is 16.7 Å². The van der Waals surface area contributed by atoms with E-state index in [1.165, 1.54) is 13.1 Å². The van der Waals surface area contributed by atoms with Crippen LogP contribution in [0.5, 0.6) is 0 Å². The zero-order valence-electron chi connectivity index (χ0n) is 13.1. The molecule has 2 aromatic rings. The second kappa shape index (κ2) is 7.16. The standard InChI is InChI=1S/C16H18N2O3S2/c1-11-4-7-13(10-15(11)23(20,21)17-2)18-16(19)12-5-8-14(22-3)9-6-12/h4-10,17H,1-3H3,(H,18,19). The van der Waals surface area contributed by atoms with E-state index in [1.807, 2.05) is 18.4 Å². The number of amides is 1. The molecule has 0 aromatic heterocycles. The maximum Gasteiger partial charge on any atom is 0.255 e. The number of carbonyl (C=O) groups is 1. The Labute approximate surface area is 140 Å². The van der Waals surface area contributed by atoms with Crippen LogP contribution in [0, 0.1) is 6.92 Å². The first-order chi connectivity index (χ1) is 10.9. The summed E-state index contributed by atoms with van der Waals surface area (Å²) in [7, 11) is -2.21. The molecule has 0 saturated carbocycles. The Hall–Kier alpha value is -1.83. The van der Waals surface area contributed by atoms with Gasteiger partial charge in [-0.25, -0.2) is 13.1 Å². The van der Waals surface area contributed by atoms with Crippen LogP contribution < -0.4 is 10.0 Å². The molecule has 2 N–H and O–H groups in total. The molecule has 23 heavy (non-hydrogen) atoms. The molecule has 0 saturated heterocycles. The third-order valence-corrected chi connectivity index (χ3v) is 5.66. The van der Waals surface area contributed by atoms with E-state index in [1.54, 1.807) is 43.0 Å². The average molecular weight is 350 g/mol. The SMILES string of the molecule is CNS(=O)(=O)c1cc(NC(=O)c2ccc(SC)cc2)ccc1C. The molecule has 7 heteroatoms. The van der Waals surface area contributed by atoms with E-state index in [9.17, 15) is 13.2 Å². The van der Waals surface area contributed by atoms with Gasteiger partial charge in [0, 0.05) is 16.1 Å². The number of anilines is 1. The van der Waals surface area contributed by atoms with Gasteiger partial charge >= 0.3 is 0 Å². The lowest BCUT2D eigenvalue weighted by molar-refractivity contribution is 0.102. The van der Waals surface area contributed by atoms with E-state index in [0.717, 1.165) is 4.90 Å². The molecule has 2 rings (SSSR count). The Morgan fingerprint density at radius 3 is 2.30 bits per heavy atom. The van der Waals surface area contributed by atoms with E-state index >= 15 is 0 Å². The van der Waals surface area contributed by atoms with Gasteiger partial charge in [-0.15, -0.1) is 11.8 Å². The molecule has 0 spiro atoms. The fraction of sp³-hybridized carbons (Fsp3) is 0.188.